The van der Waals surface area contributed by atoms with Crippen molar-refractivity contribution in [1.82, 2.24) is 0 Å². The number of ether oxygens (including phenoxy) is 1. The third-order valence-electron chi connectivity index (χ3n) is 1.96. The average Bonchev–Trinajstić information content (AvgIpc) is 2.26. The number of nitro benzene ring substituents is 1. The zero-order valence-corrected chi connectivity index (χ0v) is 11.2. The lowest BCUT2D eigenvalue weighted by atomic mass is 10.2. The van der Waals surface area contributed by atoms with Crippen molar-refractivity contribution in [2.24, 2.45) is 4.99 Å². The van der Waals surface area contributed by atoms with Crippen molar-refractivity contribution in [3.63, 3.8) is 0 Å². The van der Waals surface area contributed by atoms with Crippen LogP contribution in [0, 0.1) is 10.1 Å². The van der Waals surface area contributed by atoms with E-state index < -0.39 is 4.92 Å². The normalized spacial score (nSPS) is 11.6. The van der Waals surface area contributed by atoms with E-state index in [1.54, 1.807) is 19.1 Å². The lowest BCUT2D eigenvalue weighted by Gasteiger charge is -2.02. The van der Waals surface area contributed by atoms with E-state index in [1.807, 2.05) is 6.92 Å². The van der Waals surface area contributed by atoms with Crippen LogP contribution >= 0.6 is 15.9 Å². The number of hydrogen-bond acceptors (Lipinski definition) is 4. The Balaban J connectivity index is 3.03. The summed E-state index contributed by atoms with van der Waals surface area (Å²) in [7, 11) is 0. The number of halogens is 1. The van der Waals surface area contributed by atoms with E-state index >= 15 is 0 Å². The van der Waals surface area contributed by atoms with E-state index in [0.29, 0.717) is 24.6 Å². The van der Waals surface area contributed by atoms with Crippen LogP contribution in [0.5, 0.6) is 0 Å². The molecule has 17 heavy (non-hydrogen) atoms. The van der Waals surface area contributed by atoms with Crippen LogP contribution < -0.4 is 0 Å². The molecule has 0 aliphatic heterocycles. The molecule has 0 saturated carbocycles. The lowest BCUT2D eigenvalue weighted by molar-refractivity contribution is -0.384. The van der Waals surface area contributed by atoms with E-state index in [0.717, 1.165) is 4.47 Å². The van der Waals surface area contributed by atoms with Gasteiger partial charge in [-0.15, -0.1) is 0 Å². The van der Waals surface area contributed by atoms with E-state index in [-0.39, 0.29) is 5.69 Å². The van der Waals surface area contributed by atoms with Gasteiger partial charge in [-0.05, 0) is 26.0 Å². The number of nitrogens with zero attached hydrogens (tertiary/aromatic N) is 2. The van der Waals surface area contributed by atoms with Crippen LogP contribution in [-0.4, -0.2) is 23.8 Å². The monoisotopic (exact) mass is 300 g/mol. The fourth-order valence-corrected chi connectivity index (χ4v) is 1.58. The molecule has 1 aromatic carbocycles. The Morgan fingerprint density at radius 2 is 2.29 bits per heavy atom. The van der Waals surface area contributed by atoms with E-state index in [1.165, 1.54) is 6.07 Å². The molecule has 0 bridgehead atoms. The third-order valence-corrected chi connectivity index (χ3v) is 2.45. The van der Waals surface area contributed by atoms with Crippen molar-refractivity contribution in [3.8, 4) is 0 Å². The van der Waals surface area contributed by atoms with Crippen LogP contribution in [0.25, 0.3) is 0 Å². The maximum absolute atomic E-state index is 10.8. The molecule has 0 spiro atoms. The largest absolute Gasteiger partial charge is 0.376 e. The smallest absolute Gasteiger partial charge is 0.294 e. The van der Waals surface area contributed by atoms with Crippen molar-refractivity contribution in [2.75, 3.05) is 13.2 Å². The Morgan fingerprint density at radius 3 is 2.88 bits per heavy atom. The van der Waals surface area contributed by atoms with Crippen LogP contribution in [-0.2, 0) is 4.74 Å². The number of benzene rings is 1. The number of aliphatic imine (C=N–C) groups is 1. The predicted octanol–water partition coefficient (Wildman–Crippen LogP) is 3.49. The van der Waals surface area contributed by atoms with Crippen molar-refractivity contribution in [1.29, 1.82) is 0 Å². The molecule has 6 heteroatoms. The minimum Gasteiger partial charge on any atom is -0.376 e. The quantitative estimate of drug-likeness (QED) is 0.475. The summed E-state index contributed by atoms with van der Waals surface area (Å²) in [6.07, 6.45) is 0. The summed E-state index contributed by atoms with van der Waals surface area (Å²) >= 11 is 3.26. The summed E-state index contributed by atoms with van der Waals surface area (Å²) in [6.45, 7) is 4.63. The Hall–Kier alpha value is -1.27. The summed E-state index contributed by atoms with van der Waals surface area (Å²) in [5.41, 5.74) is 1.03. The van der Waals surface area contributed by atoms with Gasteiger partial charge in [0.15, 0.2) is 0 Å². The van der Waals surface area contributed by atoms with Crippen LogP contribution in [0.1, 0.15) is 13.8 Å². The molecule has 0 heterocycles. The minimum absolute atomic E-state index is 0.0101. The highest BCUT2D eigenvalue weighted by Crippen LogP contribution is 2.30. The molecule has 0 aliphatic rings. The van der Waals surface area contributed by atoms with Gasteiger partial charge in [-0.1, -0.05) is 15.9 Å². The molecule has 0 amide bonds. The first-order valence-electron chi connectivity index (χ1n) is 5.10. The molecule has 92 valence electrons. The van der Waals surface area contributed by atoms with Crippen LogP contribution in [0.3, 0.4) is 0 Å². The van der Waals surface area contributed by atoms with Gasteiger partial charge in [-0.3, -0.25) is 10.1 Å². The highest BCUT2D eigenvalue weighted by Gasteiger charge is 2.13. The molecular weight excluding hydrogens is 288 g/mol. The van der Waals surface area contributed by atoms with Gasteiger partial charge in [0.2, 0.25) is 0 Å². The van der Waals surface area contributed by atoms with Crippen molar-refractivity contribution in [2.45, 2.75) is 13.8 Å². The zero-order chi connectivity index (χ0) is 12.8. The van der Waals surface area contributed by atoms with Gasteiger partial charge in [0.05, 0.1) is 11.5 Å². The maximum atomic E-state index is 10.8. The molecule has 0 aromatic heterocycles. The van der Waals surface area contributed by atoms with Gasteiger partial charge < -0.3 is 4.74 Å². The van der Waals surface area contributed by atoms with Crippen molar-refractivity contribution < 1.29 is 9.66 Å². The molecule has 0 N–H and O–H groups in total. The van der Waals surface area contributed by atoms with Gasteiger partial charge in [0.1, 0.15) is 5.69 Å². The van der Waals surface area contributed by atoms with E-state index in [4.69, 9.17) is 4.74 Å². The molecule has 0 saturated heterocycles. The highest BCUT2D eigenvalue weighted by atomic mass is 79.9. The predicted molar refractivity (Wildman–Crippen MR) is 70.1 cm³/mol. The van der Waals surface area contributed by atoms with Gasteiger partial charge in [-0.25, -0.2) is 4.99 Å². The summed E-state index contributed by atoms with van der Waals surface area (Å²) in [6, 6.07) is 4.67. The molecule has 0 atom stereocenters. The minimum atomic E-state index is -0.445. The van der Waals surface area contributed by atoms with Gasteiger partial charge >= 0.3 is 0 Å². The zero-order valence-electron chi connectivity index (χ0n) is 9.64. The fourth-order valence-electron chi connectivity index (χ4n) is 1.23. The van der Waals surface area contributed by atoms with E-state index in [2.05, 4.69) is 20.9 Å². The number of rotatable bonds is 5. The molecule has 0 radical (unpaired) electrons. The number of hydrogen-bond donors (Lipinski definition) is 0. The van der Waals surface area contributed by atoms with Crippen LogP contribution in [0.15, 0.2) is 27.7 Å². The first-order valence-corrected chi connectivity index (χ1v) is 5.89. The van der Waals surface area contributed by atoms with Gasteiger partial charge in [0.25, 0.3) is 5.69 Å². The molecule has 1 rings (SSSR count). The SMILES string of the molecule is CCOC/C(C)=N/c1cc(Br)ccc1[N+](=O)[O-]. The molecular formula is C11H13BrN2O3. The van der Waals surface area contributed by atoms with Gasteiger partial charge in [-0.2, -0.15) is 0 Å². The van der Waals surface area contributed by atoms with E-state index in [9.17, 15) is 10.1 Å². The molecule has 0 fully saturated rings. The highest BCUT2D eigenvalue weighted by molar-refractivity contribution is 9.10. The molecule has 5 nitrogen and oxygen atoms in total. The fraction of sp³-hybridized carbons (Fsp3) is 0.364. The maximum Gasteiger partial charge on any atom is 0.294 e. The standard InChI is InChI=1S/C11H13BrN2O3/c1-3-17-7-8(2)13-10-6-9(12)4-5-11(10)14(15)16/h4-6H,3,7H2,1-2H3/b13-8+. The first-order chi connectivity index (χ1) is 8.04. The Kier molecular flexibility index (Phi) is 5.24. The summed E-state index contributed by atoms with van der Waals surface area (Å²) < 4.78 is 5.94. The summed E-state index contributed by atoms with van der Waals surface area (Å²) in [5, 5.41) is 10.8. The average molecular weight is 301 g/mol. The van der Waals surface area contributed by atoms with Crippen molar-refractivity contribution >= 4 is 33.0 Å². The second kappa shape index (κ2) is 6.46. The summed E-state index contributed by atoms with van der Waals surface area (Å²) in [5.74, 6) is 0. The third kappa shape index (κ3) is 4.24. The van der Waals surface area contributed by atoms with Crippen LogP contribution in [0.4, 0.5) is 11.4 Å². The Bertz CT molecular complexity index is 446. The Morgan fingerprint density at radius 1 is 1.59 bits per heavy atom. The Labute approximate surface area is 108 Å². The molecule has 0 aliphatic carbocycles. The molecule has 1 aromatic rings. The second-order valence-corrected chi connectivity index (χ2v) is 4.29. The van der Waals surface area contributed by atoms with Gasteiger partial charge in [0, 0.05) is 22.9 Å². The van der Waals surface area contributed by atoms with Crippen LogP contribution in [0.2, 0.25) is 0 Å². The number of nitro groups is 1. The van der Waals surface area contributed by atoms with Crippen molar-refractivity contribution in [3.05, 3.63) is 32.8 Å². The lowest BCUT2D eigenvalue weighted by Crippen LogP contribution is -2.04. The molecule has 0 unspecified atom stereocenters. The summed E-state index contributed by atoms with van der Waals surface area (Å²) in [4.78, 5) is 14.6. The first kappa shape index (κ1) is 13.8. The second-order valence-electron chi connectivity index (χ2n) is 3.37. The topological polar surface area (TPSA) is 64.7 Å².